The largest absolute Gasteiger partial charge is 0.370 e. The Bertz CT molecular complexity index is 619. The van der Waals surface area contributed by atoms with E-state index in [0.29, 0.717) is 10.0 Å². The third kappa shape index (κ3) is 2.33. The van der Waals surface area contributed by atoms with Crippen molar-refractivity contribution >= 4 is 29.0 Å². The normalized spacial score (nSPS) is 14.7. The van der Waals surface area contributed by atoms with Crippen LogP contribution in [0.5, 0.6) is 0 Å². The fourth-order valence-corrected chi connectivity index (χ4v) is 3.06. The first-order valence-corrected chi connectivity index (χ1v) is 7.17. The second-order valence-corrected chi connectivity index (χ2v) is 5.65. The van der Waals surface area contributed by atoms with Crippen LogP contribution in [0.3, 0.4) is 0 Å². The lowest BCUT2D eigenvalue weighted by Gasteiger charge is -2.05. The van der Waals surface area contributed by atoms with E-state index in [0.717, 1.165) is 30.0 Å². The molecule has 0 atom stereocenters. The maximum atomic E-state index is 6.30. The summed E-state index contributed by atoms with van der Waals surface area (Å²) >= 11 is 12.3. The van der Waals surface area contributed by atoms with Gasteiger partial charge in [-0.1, -0.05) is 23.2 Å². The second-order valence-electron chi connectivity index (χ2n) is 4.81. The smallest absolute Gasteiger partial charge is 0.127 e. The van der Waals surface area contributed by atoms with Crippen LogP contribution < -0.4 is 5.32 Å². The minimum absolute atomic E-state index is 0.647. The van der Waals surface area contributed by atoms with Crippen LogP contribution in [-0.2, 0) is 13.5 Å². The maximum absolute atomic E-state index is 6.30. The number of hydrogen-bond acceptors (Lipinski definition) is 2. The Balaban J connectivity index is 2.15. The Morgan fingerprint density at radius 3 is 2.89 bits per heavy atom. The summed E-state index contributed by atoms with van der Waals surface area (Å²) in [4.78, 5) is 0. The molecule has 19 heavy (non-hydrogen) atoms. The molecule has 1 N–H and O–H groups in total. The average molecular weight is 296 g/mol. The molecule has 1 aliphatic rings. The van der Waals surface area contributed by atoms with Gasteiger partial charge in [-0.05, 0) is 37.5 Å². The van der Waals surface area contributed by atoms with E-state index in [9.17, 15) is 0 Å². The highest BCUT2D eigenvalue weighted by molar-refractivity contribution is 6.36. The predicted molar refractivity (Wildman–Crippen MR) is 80.1 cm³/mol. The van der Waals surface area contributed by atoms with Crippen molar-refractivity contribution in [2.45, 2.75) is 19.3 Å². The van der Waals surface area contributed by atoms with Crippen LogP contribution in [0.15, 0.2) is 18.2 Å². The van der Waals surface area contributed by atoms with Gasteiger partial charge in [0.15, 0.2) is 0 Å². The Kier molecular flexibility index (Phi) is 3.42. The number of aromatic nitrogens is 2. The van der Waals surface area contributed by atoms with Gasteiger partial charge in [0, 0.05) is 29.7 Å². The molecular weight excluding hydrogens is 281 g/mol. The van der Waals surface area contributed by atoms with Gasteiger partial charge < -0.3 is 5.32 Å². The van der Waals surface area contributed by atoms with Crippen LogP contribution in [0, 0.1) is 0 Å². The van der Waals surface area contributed by atoms with Gasteiger partial charge in [-0.15, -0.1) is 0 Å². The Labute approximate surface area is 122 Å². The zero-order valence-electron chi connectivity index (χ0n) is 10.7. The van der Waals surface area contributed by atoms with Gasteiger partial charge in [0.1, 0.15) is 5.82 Å². The highest BCUT2D eigenvalue weighted by atomic mass is 35.5. The number of nitrogens with one attached hydrogen (secondary N) is 1. The molecule has 1 aromatic heterocycles. The summed E-state index contributed by atoms with van der Waals surface area (Å²) in [6, 6.07) is 5.57. The summed E-state index contributed by atoms with van der Waals surface area (Å²) in [6.07, 6.45) is 3.39. The third-order valence-corrected chi connectivity index (χ3v) is 4.03. The fourth-order valence-electron chi connectivity index (χ4n) is 2.56. The average Bonchev–Trinajstić information content (AvgIpc) is 2.56. The van der Waals surface area contributed by atoms with Crippen LogP contribution in [0.25, 0.3) is 11.3 Å². The molecule has 3 nitrogen and oxygen atoms in total. The second kappa shape index (κ2) is 5.06. The Morgan fingerprint density at radius 2 is 2.11 bits per heavy atom. The molecule has 0 unspecified atom stereocenters. The minimum Gasteiger partial charge on any atom is -0.370 e. The third-order valence-electron chi connectivity index (χ3n) is 3.48. The molecule has 1 aromatic carbocycles. The van der Waals surface area contributed by atoms with E-state index in [2.05, 4.69) is 10.4 Å². The first-order chi connectivity index (χ1) is 9.16. The van der Waals surface area contributed by atoms with Gasteiger partial charge in [-0.3, -0.25) is 4.68 Å². The van der Waals surface area contributed by atoms with E-state index in [1.807, 2.05) is 23.9 Å². The molecule has 0 fully saturated rings. The molecule has 2 aromatic rings. The number of fused-ring (bicyclic) bond motifs is 1. The van der Waals surface area contributed by atoms with Crippen LogP contribution >= 0.6 is 23.2 Å². The minimum atomic E-state index is 0.647. The molecular formula is C14H15Cl2N3. The molecule has 0 bridgehead atoms. The molecule has 0 saturated heterocycles. The maximum Gasteiger partial charge on any atom is 0.127 e. The van der Waals surface area contributed by atoms with Crippen molar-refractivity contribution < 1.29 is 0 Å². The number of hydrogen-bond donors (Lipinski definition) is 1. The molecule has 0 radical (unpaired) electrons. The number of anilines is 1. The van der Waals surface area contributed by atoms with Gasteiger partial charge in [0.2, 0.25) is 0 Å². The highest BCUT2D eigenvalue weighted by Crippen LogP contribution is 2.36. The zero-order valence-corrected chi connectivity index (χ0v) is 12.2. The summed E-state index contributed by atoms with van der Waals surface area (Å²) in [5.74, 6) is 1.11. The van der Waals surface area contributed by atoms with Crippen molar-refractivity contribution in [3.05, 3.63) is 33.8 Å². The number of aryl methyl sites for hydroxylation is 1. The molecule has 0 spiro atoms. The molecule has 0 amide bonds. The van der Waals surface area contributed by atoms with Crippen LogP contribution in [0.4, 0.5) is 5.82 Å². The monoisotopic (exact) mass is 295 g/mol. The number of halogens is 2. The molecule has 0 aliphatic carbocycles. The quantitative estimate of drug-likeness (QED) is 0.857. The highest BCUT2D eigenvalue weighted by Gasteiger charge is 2.20. The fraction of sp³-hybridized carbons (Fsp3) is 0.357. The van der Waals surface area contributed by atoms with Gasteiger partial charge in [-0.25, -0.2) is 0 Å². The van der Waals surface area contributed by atoms with Gasteiger partial charge in [-0.2, -0.15) is 5.10 Å². The molecule has 2 heterocycles. The van der Waals surface area contributed by atoms with Crippen molar-refractivity contribution in [3.8, 4) is 11.3 Å². The van der Waals surface area contributed by atoms with E-state index in [1.165, 1.54) is 18.4 Å². The molecule has 0 saturated carbocycles. The predicted octanol–water partition coefficient (Wildman–Crippen LogP) is 4.14. The standard InChI is InChI=1S/C14H15Cl2N3/c1-19-14-11(4-2-3-7-17-14)13(18-19)10-6-5-9(15)8-12(10)16/h5-6,8,17H,2-4,7H2,1H3. The van der Waals surface area contributed by atoms with Gasteiger partial charge in [0.05, 0.1) is 10.7 Å². The summed E-state index contributed by atoms with van der Waals surface area (Å²) in [5, 5.41) is 9.36. The Hall–Kier alpha value is -1.19. The van der Waals surface area contributed by atoms with E-state index in [-0.39, 0.29) is 0 Å². The summed E-state index contributed by atoms with van der Waals surface area (Å²) in [6.45, 7) is 1.00. The van der Waals surface area contributed by atoms with Crippen LogP contribution in [-0.4, -0.2) is 16.3 Å². The van der Waals surface area contributed by atoms with Crippen LogP contribution in [0.2, 0.25) is 10.0 Å². The van der Waals surface area contributed by atoms with Crippen molar-refractivity contribution in [1.29, 1.82) is 0 Å². The van der Waals surface area contributed by atoms with Crippen molar-refractivity contribution in [3.63, 3.8) is 0 Å². The molecule has 100 valence electrons. The van der Waals surface area contributed by atoms with E-state index >= 15 is 0 Å². The number of rotatable bonds is 1. The number of benzene rings is 1. The van der Waals surface area contributed by atoms with E-state index < -0.39 is 0 Å². The van der Waals surface area contributed by atoms with Crippen molar-refractivity contribution in [2.24, 2.45) is 7.05 Å². The van der Waals surface area contributed by atoms with Gasteiger partial charge in [0.25, 0.3) is 0 Å². The van der Waals surface area contributed by atoms with Crippen molar-refractivity contribution in [2.75, 3.05) is 11.9 Å². The first-order valence-electron chi connectivity index (χ1n) is 6.42. The van der Waals surface area contributed by atoms with Crippen molar-refractivity contribution in [1.82, 2.24) is 9.78 Å². The van der Waals surface area contributed by atoms with E-state index in [1.54, 1.807) is 6.07 Å². The summed E-state index contributed by atoms with van der Waals surface area (Å²) in [5.41, 5.74) is 3.17. The lowest BCUT2D eigenvalue weighted by molar-refractivity contribution is 0.757. The summed E-state index contributed by atoms with van der Waals surface area (Å²) < 4.78 is 1.90. The lowest BCUT2D eigenvalue weighted by atomic mass is 10.0. The molecule has 1 aliphatic heterocycles. The SMILES string of the molecule is Cn1nc(-c2ccc(Cl)cc2Cl)c2c1NCCCC2. The summed E-state index contributed by atoms with van der Waals surface area (Å²) in [7, 11) is 1.96. The Morgan fingerprint density at radius 1 is 1.26 bits per heavy atom. The first kappa shape index (κ1) is 12.8. The van der Waals surface area contributed by atoms with Crippen LogP contribution in [0.1, 0.15) is 18.4 Å². The zero-order chi connectivity index (χ0) is 13.4. The number of nitrogens with zero attached hydrogens (tertiary/aromatic N) is 2. The van der Waals surface area contributed by atoms with Gasteiger partial charge >= 0.3 is 0 Å². The lowest BCUT2D eigenvalue weighted by Crippen LogP contribution is -2.04. The molecule has 5 heteroatoms. The molecule has 3 rings (SSSR count). The topological polar surface area (TPSA) is 29.9 Å². The van der Waals surface area contributed by atoms with E-state index in [4.69, 9.17) is 23.2 Å².